The van der Waals surface area contributed by atoms with E-state index < -0.39 is 0 Å². The van der Waals surface area contributed by atoms with Crippen LogP contribution in [0.4, 0.5) is 0 Å². The van der Waals surface area contributed by atoms with E-state index in [4.69, 9.17) is 9.47 Å². The van der Waals surface area contributed by atoms with Crippen molar-refractivity contribution in [3.8, 4) is 0 Å². The van der Waals surface area contributed by atoms with E-state index in [2.05, 4.69) is 13.8 Å². The maximum Gasteiger partial charge on any atom is 0.0520 e. The molecule has 0 saturated carbocycles. The average molecular weight is 174 g/mol. The minimum absolute atomic E-state index is 0.362. The molecular weight excluding hydrogens is 152 g/mol. The minimum Gasteiger partial charge on any atom is -0.381 e. The lowest BCUT2D eigenvalue weighted by Crippen LogP contribution is -2.13. The van der Waals surface area contributed by atoms with Gasteiger partial charge in [0.15, 0.2) is 0 Å². The van der Waals surface area contributed by atoms with E-state index in [9.17, 15) is 0 Å². The fraction of sp³-hybridized carbons (Fsp3) is 1.00. The van der Waals surface area contributed by atoms with Gasteiger partial charge >= 0.3 is 0 Å². The highest BCUT2D eigenvalue weighted by atomic mass is 16.5. The summed E-state index contributed by atoms with van der Waals surface area (Å²) in [5, 5.41) is 0. The third-order valence-electron chi connectivity index (χ3n) is 1.69. The van der Waals surface area contributed by atoms with Gasteiger partial charge in [-0.1, -0.05) is 13.8 Å². The Morgan fingerprint density at radius 3 is 2.50 bits per heavy atom. The zero-order valence-corrected chi connectivity index (χ0v) is 8.80. The second kappa shape index (κ2) is 7.56. The Hall–Kier alpha value is -0.0800. The number of rotatable bonds is 3. The van der Waals surface area contributed by atoms with E-state index in [1.165, 1.54) is 6.42 Å². The summed E-state index contributed by atoms with van der Waals surface area (Å²) < 4.78 is 10.7. The van der Waals surface area contributed by atoms with E-state index in [0.29, 0.717) is 12.0 Å². The molecule has 2 nitrogen and oxygen atoms in total. The van der Waals surface area contributed by atoms with Gasteiger partial charge in [0.2, 0.25) is 0 Å². The lowest BCUT2D eigenvalue weighted by Gasteiger charge is -2.10. The molecule has 0 radical (unpaired) electrons. The van der Waals surface area contributed by atoms with Crippen LogP contribution in [0.1, 0.15) is 34.1 Å². The van der Waals surface area contributed by atoms with Gasteiger partial charge < -0.3 is 9.47 Å². The summed E-state index contributed by atoms with van der Waals surface area (Å²) >= 11 is 0. The zero-order chi connectivity index (χ0) is 9.40. The number of hydrogen-bond acceptors (Lipinski definition) is 2. The Kier molecular flexibility index (Phi) is 7.51. The predicted molar refractivity (Wildman–Crippen MR) is 51.4 cm³/mol. The number of ether oxygens (including phenoxy) is 2. The van der Waals surface area contributed by atoms with Gasteiger partial charge in [-0.25, -0.2) is 0 Å². The fourth-order valence-corrected chi connectivity index (χ4v) is 1.04. The molecule has 74 valence electrons. The summed E-state index contributed by atoms with van der Waals surface area (Å²) in [6, 6.07) is 0. The molecule has 0 amide bonds. The Balaban J connectivity index is 0.000000561. The van der Waals surface area contributed by atoms with Crippen molar-refractivity contribution in [3.63, 3.8) is 0 Å². The fourth-order valence-electron chi connectivity index (χ4n) is 1.04. The summed E-state index contributed by atoms with van der Waals surface area (Å²) in [6.07, 6.45) is 1.53. The SMILES string of the molecule is CC.CC(C)OCC1CCOC1. The van der Waals surface area contributed by atoms with Crippen LogP contribution in [0, 0.1) is 5.92 Å². The molecular formula is C10H22O2. The van der Waals surface area contributed by atoms with Gasteiger partial charge in [0, 0.05) is 12.5 Å². The van der Waals surface area contributed by atoms with Crippen molar-refractivity contribution < 1.29 is 9.47 Å². The molecule has 0 spiro atoms. The van der Waals surface area contributed by atoms with Crippen LogP contribution in [0.5, 0.6) is 0 Å². The van der Waals surface area contributed by atoms with Crippen LogP contribution in [0.3, 0.4) is 0 Å². The topological polar surface area (TPSA) is 18.5 Å². The third kappa shape index (κ3) is 5.56. The standard InChI is InChI=1S/C8H16O2.C2H6/c1-7(2)10-6-8-3-4-9-5-8;1-2/h7-8H,3-6H2,1-2H3;1-2H3. The maximum atomic E-state index is 5.45. The Labute approximate surface area is 76.3 Å². The van der Waals surface area contributed by atoms with Crippen LogP contribution in [0.2, 0.25) is 0 Å². The largest absolute Gasteiger partial charge is 0.381 e. The summed E-state index contributed by atoms with van der Waals surface area (Å²) in [4.78, 5) is 0. The first-order chi connectivity index (χ1) is 5.79. The first-order valence-electron chi connectivity index (χ1n) is 4.98. The molecule has 1 heterocycles. The monoisotopic (exact) mass is 174 g/mol. The highest BCUT2D eigenvalue weighted by Gasteiger charge is 2.15. The Bertz CT molecular complexity index is 85.8. The second-order valence-electron chi connectivity index (χ2n) is 3.11. The normalized spacial score (nSPS) is 22.2. The van der Waals surface area contributed by atoms with Gasteiger partial charge in [-0.15, -0.1) is 0 Å². The van der Waals surface area contributed by atoms with Gasteiger partial charge in [0.1, 0.15) is 0 Å². The highest BCUT2D eigenvalue weighted by molar-refractivity contribution is 4.62. The Morgan fingerprint density at radius 1 is 1.42 bits per heavy atom. The molecule has 1 rings (SSSR count). The molecule has 1 unspecified atom stereocenters. The molecule has 0 N–H and O–H groups in total. The maximum absolute atomic E-state index is 5.45. The molecule has 0 aromatic heterocycles. The summed E-state index contributed by atoms with van der Waals surface area (Å²) in [6.45, 7) is 10.8. The summed E-state index contributed by atoms with van der Waals surface area (Å²) in [5.41, 5.74) is 0. The molecule has 1 aliphatic rings. The lowest BCUT2D eigenvalue weighted by molar-refractivity contribution is 0.0470. The first-order valence-corrected chi connectivity index (χ1v) is 4.98. The minimum atomic E-state index is 0.362. The van der Waals surface area contributed by atoms with Crippen LogP contribution in [-0.2, 0) is 9.47 Å². The summed E-state index contributed by atoms with van der Waals surface area (Å²) in [5.74, 6) is 0.655. The summed E-state index contributed by atoms with van der Waals surface area (Å²) in [7, 11) is 0. The number of hydrogen-bond donors (Lipinski definition) is 0. The average Bonchev–Trinajstić information content (AvgIpc) is 2.56. The molecule has 1 fully saturated rings. The van der Waals surface area contributed by atoms with Gasteiger partial charge in [-0.2, -0.15) is 0 Å². The zero-order valence-electron chi connectivity index (χ0n) is 8.80. The van der Waals surface area contributed by atoms with Crippen molar-refractivity contribution in [1.82, 2.24) is 0 Å². The van der Waals surface area contributed by atoms with Crippen molar-refractivity contribution >= 4 is 0 Å². The molecule has 1 aliphatic heterocycles. The molecule has 0 aromatic carbocycles. The van der Waals surface area contributed by atoms with Crippen molar-refractivity contribution in [2.45, 2.75) is 40.2 Å². The highest BCUT2D eigenvalue weighted by Crippen LogP contribution is 2.12. The molecule has 0 bridgehead atoms. The molecule has 1 atom stereocenters. The van der Waals surface area contributed by atoms with Gasteiger partial charge in [-0.3, -0.25) is 0 Å². The van der Waals surface area contributed by atoms with Crippen molar-refractivity contribution in [3.05, 3.63) is 0 Å². The van der Waals surface area contributed by atoms with E-state index in [-0.39, 0.29) is 0 Å². The van der Waals surface area contributed by atoms with E-state index >= 15 is 0 Å². The van der Waals surface area contributed by atoms with Crippen LogP contribution in [0.15, 0.2) is 0 Å². The molecule has 12 heavy (non-hydrogen) atoms. The van der Waals surface area contributed by atoms with Crippen LogP contribution >= 0.6 is 0 Å². The molecule has 2 heteroatoms. The lowest BCUT2D eigenvalue weighted by atomic mass is 10.1. The molecule has 1 saturated heterocycles. The van der Waals surface area contributed by atoms with E-state index in [1.807, 2.05) is 13.8 Å². The first kappa shape index (κ1) is 11.9. The Morgan fingerprint density at radius 2 is 2.08 bits per heavy atom. The van der Waals surface area contributed by atoms with Crippen LogP contribution in [-0.4, -0.2) is 25.9 Å². The van der Waals surface area contributed by atoms with E-state index in [0.717, 1.165) is 19.8 Å². The van der Waals surface area contributed by atoms with Gasteiger partial charge in [0.25, 0.3) is 0 Å². The van der Waals surface area contributed by atoms with E-state index in [1.54, 1.807) is 0 Å². The van der Waals surface area contributed by atoms with Crippen LogP contribution < -0.4 is 0 Å². The second-order valence-corrected chi connectivity index (χ2v) is 3.11. The molecule has 0 aliphatic carbocycles. The quantitative estimate of drug-likeness (QED) is 0.654. The van der Waals surface area contributed by atoms with Crippen molar-refractivity contribution in [2.24, 2.45) is 5.92 Å². The van der Waals surface area contributed by atoms with Crippen molar-refractivity contribution in [1.29, 1.82) is 0 Å². The smallest absolute Gasteiger partial charge is 0.0520 e. The van der Waals surface area contributed by atoms with Crippen molar-refractivity contribution in [2.75, 3.05) is 19.8 Å². The molecule has 0 aromatic rings. The van der Waals surface area contributed by atoms with Gasteiger partial charge in [-0.05, 0) is 20.3 Å². The van der Waals surface area contributed by atoms with Gasteiger partial charge in [0.05, 0.1) is 19.3 Å². The third-order valence-corrected chi connectivity index (χ3v) is 1.69. The van der Waals surface area contributed by atoms with Crippen LogP contribution in [0.25, 0.3) is 0 Å². The predicted octanol–water partition coefficient (Wildman–Crippen LogP) is 2.47.